The Morgan fingerprint density at radius 1 is 0.933 bits per heavy atom. The molecule has 0 bridgehead atoms. The van der Waals surface area contributed by atoms with Crippen molar-refractivity contribution in [3.8, 4) is 17.1 Å². The maximum Gasteiger partial charge on any atom is 0.213 e. The molecule has 0 spiro atoms. The van der Waals surface area contributed by atoms with Crippen LogP contribution in [0.1, 0.15) is 56.2 Å². The Hall–Kier alpha value is -2.81. The van der Waals surface area contributed by atoms with Gasteiger partial charge in [-0.15, -0.1) is 0 Å². The number of anilines is 2. The Morgan fingerprint density at radius 3 is 2.53 bits per heavy atom. The fourth-order valence-electron chi connectivity index (χ4n) is 3.92. The quantitative estimate of drug-likeness (QED) is 0.357. The summed E-state index contributed by atoms with van der Waals surface area (Å²) >= 11 is 0. The summed E-state index contributed by atoms with van der Waals surface area (Å²) in [5.41, 5.74) is 8.45. The van der Waals surface area contributed by atoms with Crippen molar-refractivity contribution in [2.24, 2.45) is 0 Å². The van der Waals surface area contributed by atoms with Crippen LogP contribution < -0.4 is 10.1 Å². The summed E-state index contributed by atoms with van der Waals surface area (Å²) in [5.74, 6) is 0.635. The predicted octanol–water partition coefficient (Wildman–Crippen LogP) is 7.49. The molecule has 0 aliphatic carbocycles. The summed E-state index contributed by atoms with van der Waals surface area (Å²) in [7, 11) is 1.65. The molecular weight excluding hydrogens is 368 g/mol. The van der Waals surface area contributed by atoms with Crippen molar-refractivity contribution >= 4 is 11.4 Å². The minimum absolute atomic E-state index is 0.635. The van der Waals surface area contributed by atoms with E-state index in [0.717, 1.165) is 29.8 Å². The fourth-order valence-corrected chi connectivity index (χ4v) is 3.92. The van der Waals surface area contributed by atoms with Gasteiger partial charge in [0.15, 0.2) is 0 Å². The van der Waals surface area contributed by atoms with Crippen LogP contribution in [0.5, 0.6) is 5.88 Å². The van der Waals surface area contributed by atoms with Crippen molar-refractivity contribution in [3.63, 3.8) is 0 Å². The summed E-state index contributed by atoms with van der Waals surface area (Å²) < 4.78 is 5.31. The van der Waals surface area contributed by atoms with E-state index in [9.17, 15) is 0 Å². The van der Waals surface area contributed by atoms with E-state index < -0.39 is 0 Å². The molecule has 30 heavy (non-hydrogen) atoms. The number of ether oxygens (including phenoxy) is 1. The van der Waals surface area contributed by atoms with Crippen molar-refractivity contribution < 1.29 is 4.74 Å². The molecule has 1 N–H and O–H groups in total. The molecule has 3 rings (SSSR count). The fraction of sp³-hybridized carbons (Fsp3) is 0.370. The molecule has 0 fully saturated rings. The zero-order chi connectivity index (χ0) is 21.3. The van der Waals surface area contributed by atoms with Crippen LogP contribution in [0.3, 0.4) is 0 Å². The summed E-state index contributed by atoms with van der Waals surface area (Å²) in [6.07, 6.45) is 7.31. The molecule has 0 radical (unpaired) electrons. The molecule has 0 aliphatic heterocycles. The van der Waals surface area contributed by atoms with Gasteiger partial charge in [-0.2, -0.15) is 0 Å². The Bertz CT molecular complexity index is 965. The highest BCUT2D eigenvalue weighted by Gasteiger charge is 2.10. The van der Waals surface area contributed by atoms with Gasteiger partial charge in [0.05, 0.1) is 12.8 Å². The molecule has 0 saturated heterocycles. The van der Waals surface area contributed by atoms with Gasteiger partial charge in [-0.05, 0) is 67.1 Å². The first-order valence-corrected chi connectivity index (χ1v) is 11.2. The van der Waals surface area contributed by atoms with E-state index in [1.54, 1.807) is 7.11 Å². The van der Waals surface area contributed by atoms with Crippen LogP contribution in [0.4, 0.5) is 11.4 Å². The van der Waals surface area contributed by atoms with E-state index in [-0.39, 0.29) is 0 Å². The molecule has 0 saturated carbocycles. The number of nitrogens with one attached hydrogen (secondary N) is 1. The molecule has 3 nitrogen and oxygen atoms in total. The lowest BCUT2D eigenvalue weighted by molar-refractivity contribution is 0.398. The molecule has 0 atom stereocenters. The van der Waals surface area contributed by atoms with Gasteiger partial charge in [0.2, 0.25) is 5.88 Å². The van der Waals surface area contributed by atoms with E-state index in [0.29, 0.717) is 5.88 Å². The van der Waals surface area contributed by atoms with Crippen molar-refractivity contribution in [1.29, 1.82) is 0 Å². The first-order chi connectivity index (χ1) is 14.7. The van der Waals surface area contributed by atoms with E-state index in [2.05, 4.69) is 67.5 Å². The van der Waals surface area contributed by atoms with Gasteiger partial charge in [0.25, 0.3) is 0 Å². The Kier molecular flexibility index (Phi) is 7.89. The highest BCUT2D eigenvalue weighted by molar-refractivity contribution is 5.73. The van der Waals surface area contributed by atoms with Gasteiger partial charge in [-0.1, -0.05) is 57.4 Å². The second-order valence-corrected chi connectivity index (χ2v) is 7.83. The second kappa shape index (κ2) is 10.8. The highest BCUT2D eigenvalue weighted by atomic mass is 16.5. The van der Waals surface area contributed by atoms with Gasteiger partial charge in [0, 0.05) is 23.0 Å². The van der Waals surface area contributed by atoms with Crippen molar-refractivity contribution in [1.82, 2.24) is 4.98 Å². The van der Waals surface area contributed by atoms with Gasteiger partial charge < -0.3 is 10.1 Å². The number of hydrogen-bond donors (Lipinski definition) is 1. The normalized spacial score (nSPS) is 10.8. The van der Waals surface area contributed by atoms with Crippen LogP contribution in [0.25, 0.3) is 11.3 Å². The molecule has 158 valence electrons. The average Bonchev–Trinajstić information content (AvgIpc) is 2.78. The van der Waals surface area contributed by atoms with Crippen LogP contribution in [0.2, 0.25) is 0 Å². The number of rotatable bonds is 10. The molecule has 2 aromatic carbocycles. The van der Waals surface area contributed by atoms with Gasteiger partial charge >= 0.3 is 0 Å². The lowest BCUT2D eigenvalue weighted by Gasteiger charge is -2.17. The highest BCUT2D eigenvalue weighted by Crippen LogP contribution is 2.31. The summed E-state index contributed by atoms with van der Waals surface area (Å²) in [4.78, 5) is 4.62. The summed E-state index contributed by atoms with van der Waals surface area (Å²) in [6, 6.07) is 19.0. The standard InChI is InChI=1S/C27H34N2O/c1-5-7-8-9-13-23-21(6-2)12-10-14-25(23)28-22-18-17-20(3)24(19-22)26-15-11-16-27(29-26)30-4/h10-12,14-19,28H,5-9,13H2,1-4H3. The number of unbranched alkanes of at least 4 members (excludes halogenated alkanes) is 3. The van der Waals surface area contributed by atoms with E-state index in [4.69, 9.17) is 4.74 Å². The van der Waals surface area contributed by atoms with E-state index >= 15 is 0 Å². The van der Waals surface area contributed by atoms with Crippen molar-refractivity contribution in [3.05, 3.63) is 71.3 Å². The number of nitrogens with zero attached hydrogens (tertiary/aromatic N) is 1. The molecule has 1 heterocycles. The van der Waals surface area contributed by atoms with Crippen LogP contribution >= 0.6 is 0 Å². The van der Waals surface area contributed by atoms with Crippen molar-refractivity contribution in [2.45, 2.75) is 59.3 Å². The number of benzene rings is 2. The minimum Gasteiger partial charge on any atom is -0.481 e. The SMILES string of the molecule is CCCCCCc1c(CC)cccc1Nc1ccc(C)c(-c2cccc(OC)n2)c1. The Balaban J connectivity index is 1.89. The number of aromatic nitrogens is 1. The maximum atomic E-state index is 5.31. The molecule has 0 amide bonds. The largest absolute Gasteiger partial charge is 0.481 e. The average molecular weight is 403 g/mol. The molecular formula is C27H34N2O. The third-order valence-electron chi connectivity index (χ3n) is 5.66. The molecule has 1 aromatic heterocycles. The molecule has 3 aromatic rings. The van der Waals surface area contributed by atoms with Gasteiger partial charge in [-0.3, -0.25) is 0 Å². The molecule has 0 aliphatic rings. The van der Waals surface area contributed by atoms with E-state index in [1.807, 2.05) is 18.2 Å². The van der Waals surface area contributed by atoms with Crippen LogP contribution in [0.15, 0.2) is 54.6 Å². The maximum absolute atomic E-state index is 5.31. The van der Waals surface area contributed by atoms with E-state index in [1.165, 1.54) is 48.1 Å². The monoisotopic (exact) mass is 402 g/mol. The Morgan fingerprint density at radius 2 is 1.77 bits per heavy atom. The summed E-state index contributed by atoms with van der Waals surface area (Å²) in [6.45, 7) is 6.63. The zero-order valence-electron chi connectivity index (χ0n) is 18.8. The van der Waals surface area contributed by atoms with Gasteiger partial charge in [-0.25, -0.2) is 4.98 Å². The smallest absolute Gasteiger partial charge is 0.213 e. The molecule has 3 heteroatoms. The number of hydrogen-bond acceptors (Lipinski definition) is 3. The number of pyridine rings is 1. The van der Waals surface area contributed by atoms with Crippen LogP contribution in [0, 0.1) is 6.92 Å². The first-order valence-electron chi connectivity index (χ1n) is 11.2. The lowest BCUT2D eigenvalue weighted by atomic mass is 9.97. The lowest BCUT2D eigenvalue weighted by Crippen LogP contribution is -2.01. The molecule has 0 unspecified atom stereocenters. The zero-order valence-corrected chi connectivity index (χ0v) is 18.8. The summed E-state index contributed by atoms with van der Waals surface area (Å²) in [5, 5.41) is 3.70. The van der Waals surface area contributed by atoms with Gasteiger partial charge in [0.1, 0.15) is 0 Å². The third kappa shape index (κ3) is 5.41. The van der Waals surface area contributed by atoms with Crippen molar-refractivity contribution in [2.75, 3.05) is 12.4 Å². The number of methoxy groups -OCH3 is 1. The predicted molar refractivity (Wildman–Crippen MR) is 128 cm³/mol. The first kappa shape index (κ1) is 21.9. The second-order valence-electron chi connectivity index (χ2n) is 7.83. The van der Waals surface area contributed by atoms with Crippen LogP contribution in [-0.2, 0) is 12.8 Å². The Labute approximate surface area is 181 Å². The van der Waals surface area contributed by atoms with Crippen LogP contribution in [-0.4, -0.2) is 12.1 Å². The number of aryl methyl sites for hydroxylation is 2. The minimum atomic E-state index is 0.635. The topological polar surface area (TPSA) is 34.1 Å². The third-order valence-corrected chi connectivity index (χ3v) is 5.66.